The maximum absolute atomic E-state index is 13.2. The van der Waals surface area contributed by atoms with E-state index in [1.807, 2.05) is 84.0 Å². The van der Waals surface area contributed by atoms with E-state index in [1.165, 1.54) is 0 Å². The Balaban J connectivity index is 1.36. The summed E-state index contributed by atoms with van der Waals surface area (Å²) in [5.74, 6) is 2.49. The van der Waals surface area contributed by atoms with Crippen molar-refractivity contribution in [3.8, 4) is 17.3 Å². The first-order valence-corrected chi connectivity index (χ1v) is 10.8. The first kappa shape index (κ1) is 20.1. The predicted molar refractivity (Wildman–Crippen MR) is 123 cm³/mol. The van der Waals surface area contributed by atoms with Crippen molar-refractivity contribution in [3.05, 3.63) is 95.9 Å². The molecule has 5 rings (SSSR count). The van der Waals surface area contributed by atoms with Crippen LogP contribution in [0, 0.1) is 0 Å². The zero-order valence-electron chi connectivity index (χ0n) is 18.5. The highest BCUT2D eigenvalue weighted by Crippen LogP contribution is 2.33. The molecule has 0 saturated carbocycles. The van der Waals surface area contributed by atoms with E-state index < -0.39 is 0 Å². The average Bonchev–Trinajstić information content (AvgIpc) is 3.50. The van der Waals surface area contributed by atoms with E-state index >= 15 is 0 Å². The van der Waals surface area contributed by atoms with E-state index in [2.05, 4.69) is 30.0 Å². The van der Waals surface area contributed by atoms with Crippen molar-refractivity contribution in [3.63, 3.8) is 0 Å². The van der Waals surface area contributed by atoms with Gasteiger partial charge in [-0.2, -0.15) is 5.10 Å². The Labute approximate surface area is 187 Å². The Hall–Kier alpha value is -3.80. The minimum atomic E-state index is -0.159. The molecule has 2 aromatic carbocycles. The molecule has 0 radical (unpaired) electrons. The molecule has 1 aliphatic heterocycles. The van der Waals surface area contributed by atoms with Crippen molar-refractivity contribution < 1.29 is 9.53 Å². The van der Waals surface area contributed by atoms with E-state index in [9.17, 15) is 4.79 Å². The molecule has 0 spiro atoms. The maximum Gasteiger partial charge on any atom is 0.254 e. The first-order chi connectivity index (χ1) is 15.4. The number of benzene rings is 2. The molecule has 4 aromatic rings. The molecule has 162 valence electrons. The number of nitrogens with zero attached hydrogens (tertiary/aromatic N) is 4. The van der Waals surface area contributed by atoms with Gasteiger partial charge in [-0.3, -0.25) is 4.79 Å². The molecule has 1 aliphatic rings. The van der Waals surface area contributed by atoms with Gasteiger partial charge in [0.1, 0.15) is 17.3 Å². The van der Waals surface area contributed by atoms with Crippen LogP contribution in [0.1, 0.15) is 42.4 Å². The number of fused-ring (bicyclic) bond motifs is 1. The van der Waals surface area contributed by atoms with E-state index in [1.54, 1.807) is 0 Å². The van der Waals surface area contributed by atoms with Crippen molar-refractivity contribution in [1.29, 1.82) is 0 Å². The Kier molecular flexibility index (Phi) is 4.85. The minimum Gasteiger partial charge on any atom is -0.457 e. The summed E-state index contributed by atoms with van der Waals surface area (Å²) in [5, 5.41) is 4.89. The number of hydrogen-bond acceptors (Lipinski definition) is 3. The maximum atomic E-state index is 13.2. The molecule has 0 saturated heterocycles. The van der Waals surface area contributed by atoms with Crippen molar-refractivity contribution in [2.45, 2.75) is 39.4 Å². The Morgan fingerprint density at radius 1 is 0.875 bits per heavy atom. The van der Waals surface area contributed by atoms with Crippen LogP contribution in [0.4, 0.5) is 0 Å². The van der Waals surface area contributed by atoms with Gasteiger partial charge < -0.3 is 14.2 Å². The highest BCUT2D eigenvalue weighted by molar-refractivity contribution is 5.94. The second kappa shape index (κ2) is 7.71. The Morgan fingerprint density at radius 2 is 1.53 bits per heavy atom. The lowest BCUT2D eigenvalue weighted by Crippen LogP contribution is -2.29. The molecule has 2 aromatic heterocycles. The molecule has 0 unspecified atom stereocenters. The molecule has 0 N–H and O–H groups in total. The summed E-state index contributed by atoms with van der Waals surface area (Å²) in [6.07, 6.45) is 4.05. The van der Waals surface area contributed by atoms with Crippen LogP contribution < -0.4 is 4.74 Å². The van der Waals surface area contributed by atoms with Crippen LogP contribution in [0.15, 0.2) is 79.1 Å². The number of hydrogen-bond donors (Lipinski definition) is 0. The molecule has 0 bridgehead atoms. The topological polar surface area (TPSA) is 52.3 Å². The normalized spacial score (nSPS) is 13.3. The van der Waals surface area contributed by atoms with Crippen molar-refractivity contribution in [2.24, 2.45) is 0 Å². The van der Waals surface area contributed by atoms with Crippen molar-refractivity contribution in [1.82, 2.24) is 19.2 Å². The summed E-state index contributed by atoms with van der Waals surface area (Å²) in [7, 11) is 0. The fourth-order valence-electron chi connectivity index (χ4n) is 4.03. The van der Waals surface area contributed by atoms with Crippen molar-refractivity contribution >= 4 is 5.91 Å². The summed E-state index contributed by atoms with van der Waals surface area (Å²) in [6.45, 7) is 7.48. The molecule has 0 atom stereocenters. The summed E-state index contributed by atoms with van der Waals surface area (Å²) in [4.78, 5) is 15.1. The van der Waals surface area contributed by atoms with Crippen LogP contribution in [-0.2, 0) is 18.6 Å². The molecule has 6 heteroatoms. The van der Waals surface area contributed by atoms with Gasteiger partial charge in [-0.25, -0.2) is 4.68 Å². The zero-order chi connectivity index (χ0) is 22.3. The van der Waals surface area contributed by atoms with Gasteiger partial charge in [-0.1, -0.05) is 18.2 Å². The second-order valence-corrected chi connectivity index (χ2v) is 9.02. The molecule has 0 fully saturated rings. The number of para-hydroxylation sites is 1. The van der Waals surface area contributed by atoms with Gasteiger partial charge in [-0.05, 0) is 69.3 Å². The van der Waals surface area contributed by atoms with E-state index in [0.29, 0.717) is 24.4 Å². The van der Waals surface area contributed by atoms with Crippen LogP contribution in [0.3, 0.4) is 0 Å². The van der Waals surface area contributed by atoms with Gasteiger partial charge in [0.05, 0.1) is 24.3 Å². The van der Waals surface area contributed by atoms with Gasteiger partial charge in [-0.15, -0.1) is 0 Å². The lowest BCUT2D eigenvalue weighted by molar-refractivity contribution is 0.0748. The third-order valence-electron chi connectivity index (χ3n) is 5.58. The zero-order valence-corrected chi connectivity index (χ0v) is 18.5. The van der Waals surface area contributed by atoms with Gasteiger partial charge >= 0.3 is 0 Å². The van der Waals surface area contributed by atoms with E-state index in [4.69, 9.17) is 9.84 Å². The number of carbonyl (C=O) groups is 1. The lowest BCUT2D eigenvalue weighted by Gasteiger charge is -2.24. The van der Waals surface area contributed by atoms with Crippen molar-refractivity contribution in [2.75, 3.05) is 0 Å². The molecular weight excluding hydrogens is 400 g/mol. The van der Waals surface area contributed by atoms with Gasteiger partial charge in [0.15, 0.2) is 0 Å². The highest BCUT2D eigenvalue weighted by Gasteiger charge is 2.33. The minimum absolute atomic E-state index is 0.00461. The fourth-order valence-corrected chi connectivity index (χ4v) is 4.03. The van der Waals surface area contributed by atoms with Crippen LogP contribution >= 0.6 is 0 Å². The lowest BCUT2D eigenvalue weighted by atomic mass is 10.1. The summed E-state index contributed by atoms with van der Waals surface area (Å²) in [5.41, 5.74) is 2.55. The number of rotatable bonds is 4. The Morgan fingerprint density at radius 3 is 2.19 bits per heavy atom. The van der Waals surface area contributed by atoms with Crippen LogP contribution in [-0.4, -0.2) is 25.2 Å². The van der Waals surface area contributed by atoms with Gasteiger partial charge in [0.25, 0.3) is 5.91 Å². The average molecular weight is 427 g/mol. The van der Waals surface area contributed by atoms with Crippen LogP contribution in [0.5, 0.6) is 11.5 Å². The molecule has 0 aliphatic carbocycles. The van der Waals surface area contributed by atoms with Gasteiger partial charge in [0, 0.05) is 23.5 Å². The number of ether oxygens (including phenoxy) is 1. The first-order valence-electron chi connectivity index (χ1n) is 10.8. The largest absolute Gasteiger partial charge is 0.457 e. The molecule has 32 heavy (non-hydrogen) atoms. The standard InChI is InChI=1S/C26H26N4O2/c1-26(2,3)30-24(28-15-7-8-16-28)22-17-29(18-23(22)27-30)25(31)19-11-13-21(14-12-19)32-20-9-5-4-6-10-20/h4-16H,17-18H2,1-3H3. The summed E-state index contributed by atoms with van der Waals surface area (Å²) >= 11 is 0. The molecule has 1 amide bonds. The second-order valence-electron chi connectivity index (χ2n) is 9.02. The summed E-state index contributed by atoms with van der Waals surface area (Å²) in [6, 6.07) is 20.9. The fraction of sp³-hybridized carbons (Fsp3) is 0.231. The smallest absolute Gasteiger partial charge is 0.254 e. The summed E-state index contributed by atoms with van der Waals surface area (Å²) < 4.78 is 9.99. The van der Waals surface area contributed by atoms with Gasteiger partial charge in [0.2, 0.25) is 0 Å². The third-order valence-corrected chi connectivity index (χ3v) is 5.58. The Bertz CT molecular complexity index is 1230. The quantitative estimate of drug-likeness (QED) is 0.440. The number of carbonyl (C=O) groups excluding carboxylic acids is 1. The highest BCUT2D eigenvalue weighted by atomic mass is 16.5. The van der Waals surface area contributed by atoms with E-state index in [-0.39, 0.29) is 11.4 Å². The number of aromatic nitrogens is 3. The van der Waals surface area contributed by atoms with E-state index in [0.717, 1.165) is 22.8 Å². The van der Waals surface area contributed by atoms with Crippen LogP contribution in [0.2, 0.25) is 0 Å². The monoisotopic (exact) mass is 426 g/mol. The van der Waals surface area contributed by atoms with Crippen LogP contribution in [0.25, 0.3) is 5.82 Å². The SMILES string of the molecule is CC(C)(C)n1nc2c(c1-n1cccc1)CN(C(=O)c1ccc(Oc3ccccc3)cc1)C2. The predicted octanol–water partition coefficient (Wildman–Crippen LogP) is 5.38. The molecule has 3 heterocycles. The molecular formula is C26H26N4O2. The number of amides is 1. The third kappa shape index (κ3) is 3.68. The molecule has 6 nitrogen and oxygen atoms in total.